The Hall–Kier alpha value is -3.90. The molecule has 1 atom stereocenters. The second-order valence-electron chi connectivity index (χ2n) is 8.47. The Labute approximate surface area is 209 Å². The van der Waals surface area contributed by atoms with Gasteiger partial charge in [0.25, 0.3) is 5.89 Å². The molecule has 5 rings (SSSR count). The summed E-state index contributed by atoms with van der Waals surface area (Å²) < 4.78 is 5.74. The second-order valence-corrected chi connectivity index (χ2v) is 8.90. The van der Waals surface area contributed by atoms with E-state index in [-0.39, 0.29) is 6.03 Å². The molecule has 1 aromatic heterocycles. The molecule has 0 fully saturated rings. The maximum Gasteiger partial charge on any atom is 0.322 e. The van der Waals surface area contributed by atoms with Crippen molar-refractivity contribution in [2.24, 2.45) is 0 Å². The van der Waals surface area contributed by atoms with Crippen molar-refractivity contribution in [1.82, 2.24) is 20.4 Å². The molecular formula is C28H25ClN4O2. The summed E-state index contributed by atoms with van der Waals surface area (Å²) in [4.78, 5) is 19.6. The van der Waals surface area contributed by atoms with Gasteiger partial charge in [0, 0.05) is 22.8 Å². The summed E-state index contributed by atoms with van der Waals surface area (Å²) in [6.45, 7) is 2.52. The number of rotatable bonds is 7. The van der Waals surface area contributed by atoms with Crippen molar-refractivity contribution < 1.29 is 9.32 Å². The van der Waals surface area contributed by atoms with Crippen LogP contribution in [0.1, 0.15) is 36.4 Å². The molecule has 35 heavy (non-hydrogen) atoms. The normalized spacial score (nSPS) is 15.9. The Morgan fingerprint density at radius 3 is 2.49 bits per heavy atom. The molecule has 2 heterocycles. The van der Waals surface area contributed by atoms with Crippen LogP contribution < -0.4 is 5.32 Å². The van der Waals surface area contributed by atoms with E-state index in [1.54, 1.807) is 17.0 Å². The third kappa shape index (κ3) is 4.98. The minimum absolute atomic E-state index is 0.136. The summed E-state index contributed by atoms with van der Waals surface area (Å²) in [5.74, 6) is 0.821. The Morgan fingerprint density at radius 1 is 1.00 bits per heavy atom. The van der Waals surface area contributed by atoms with Gasteiger partial charge in [0.05, 0.1) is 11.6 Å². The van der Waals surface area contributed by atoms with E-state index in [9.17, 15) is 4.79 Å². The lowest BCUT2D eigenvalue weighted by molar-refractivity contribution is 0.204. The van der Waals surface area contributed by atoms with Gasteiger partial charge in [-0.3, -0.25) is 4.90 Å². The Kier molecular flexibility index (Phi) is 6.64. The molecule has 1 unspecified atom stereocenters. The maximum absolute atomic E-state index is 13.2. The topological polar surface area (TPSA) is 71.3 Å². The number of nitrogens with zero attached hydrogens (tertiary/aromatic N) is 3. The summed E-state index contributed by atoms with van der Waals surface area (Å²) in [5, 5.41) is 7.95. The fourth-order valence-electron chi connectivity index (χ4n) is 4.39. The molecule has 1 N–H and O–H groups in total. The average molecular weight is 485 g/mol. The first kappa shape index (κ1) is 22.9. The summed E-state index contributed by atoms with van der Waals surface area (Å²) in [7, 11) is 0. The van der Waals surface area contributed by atoms with Crippen LogP contribution in [0, 0.1) is 0 Å². The van der Waals surface area contributed by atoms with E-state index in [1.165, 1.54) is 5.56 Å². The minimum Gasteiger partial charge on any atom is -0.334 e. The highest BCUT2D eigenvalue weighted by Crippen LogP contribution is 2.37. The van der Waals surface area contributed by atoms with Crippen LogP contribution in [0.2, 0.25) is 5.02 Å². The second kappa shape index (κ2) is 10.2. The van der Waals surface area contributed by atoms with Gasteiger partial charge in [0.15, 0.2) is 0 Å². The molecule has 0 spiro atoms. The van der Waals surface area contributed by atoms with Crippen molar-refractivity contribution in [3.63, 3.8) is 0 Å². The van der Waals surface area contributed by atoms with E-state index in [2.05, 4.69) is 27.6 Å². The van der Waals surface area contributed by atoms with Crippen LogP contribution in [0.15, 0.2) is 95.1 Å². The summed E-state index contributed by atoms with van der Waals surface area (Å²) in [5.41, 5.74) is 4.55. The smallest absolute Gasteiger partial charge is 0.322 e. The monoisotopic (exact) mass is 484 g/mol. The standard InChI is InChI=1S/C28H25ClN4O2/c1-19-24(27-31-26(32-35-27)22-15-8-16-23(29)18-22)25(21-13-6-3-7-14-21)30-28(34)33(19)17-9-12-20-10-4-2-5-11-20/h2-8,10-11,13-16,18,25H,9,12,17H2,1H3,(H,30,34). The number of aromatic nitrogens is 2. The van der Waals surface area contributed by atoms with Gasteiger partial charge in [-0.2, -0.15) is 4.98 Å². The van der Waals surface area contributed by atoms with E-state index in [1.807, 2.05) is 67.6 Å². The number of nitrogens with one attached hydrogen (secondary N) is 1. The molecular weight excluding hydrogens is 460 g/mol. The molecule has 1 aliphatic rings. The predicted octanol–water partition coefficient (Wildman–Crippen LogP) is 6.52. The number of hydrogen-bond acceptors (Lipinski definition) is 4. The first-order valence-electron chi connectivity index (χ1n) is 11.6. The van der Waals surface area contributed by atoms with Gasteiger partial charge in [-0.25, -0.2) is 4.79 Å². The molecule has 3 aromatic carbocycles. The number of benzene rings is 3. The molecule has 0 bridgehead atoms. The molecule has 0 saturated heterocycles. The molecule has 0 radical (unpaired) electrons. The van der Waals surface area contributed by atoms with Crippen molar-refractivity contribution in [3.05, 3.63) is 113 Å². The number of carbonyl (C=O) groups excluding carboxylic acids is 1. The maximum atomic E-state index is 13.2. The van der Waals surface area contributed by atoms with Crippen molar-refractivity contribution in [2.75, 3.05) is 6.54 Å². The lowest BCUT2D eigenvalue weighted by Gasteiger charge is -2.35. The van der Waals surface area contributed by atoms with Crippen LogP contribution in [0.5, 0.6) is 0 Å². The fraction of sp³-hybridized carbons (Fsp3) is 0.179. The van der Waals surface area contributed by atoms with Crippen molar-refractivity contribution in [3.8, 4) is 11.4 Å². The number of urea groups is 1. The van der Waals surface area contributed by atoms with Crippen LogP contribution in [0.3, 0.4) is 0 Å². The number of hydrogen-bond donors (Lipinski definition) is 1. The zero-order chi connectivity index (χ0) is 24.2. The first-order chi connectivity index (χ1) is 17.1. The van der Waals surface area contributed by atoms with Crippen LogP contribution in [-0.4, -0.2) is 27.6 Å². The highest BCUT2D eigenvalue weighted by Gasteiger charge is 2.35. The van der Waals surface area contributed by atoms with Gasteiger partial charge in [-0.05, 0) is 43.0 Å². The van der Waals surface area contributed by atoms with Gasteiger partial charge < -0.3 is 9.84 Å². The summed E-state index contributed by atoms with van der Waals surface area (Å²) in [6, 6.07) is 26.9. The van der Waals surface area contributed by atoms with E-state index in [4.69, 9.17) is 16.1 Å². The molecule has 1 aliphatic heterocycles. The van der Waals surface area contributed by atoms with E-state index in [0.717, 1.165) is 35.2 Å². The highest BCUT2D eigenvalue weighted by atomic mass is 35.5. The van der Waals surface area contributed by atoms with Gasteiger partial charge in [0.2, 0.25) is 5.82 Å². The first-order valence-corrected chi connectivity index (χ1v) is 12.0. The van der Waals surface area contributed by atoms with Crippen LogP contribution in [0.25, 0.3) is 17.0 Å². The molecule has 6 nitrogen and oxygen atoms in total. The van der Waals surface area contributed by atoms with Crippen LogP contribution in [-0.2, 0) is 6.42 Å². The number of aryl methyl sites for hydroxylation is 1. The van der Waals surface area contributed by atoms with Crippen LogP contribution in [0.4, 0.5) is 4.79 Å². The van der Waals surface area contributed by atoms with Crippen molar-refractivity contribution in [2.45, 2.75) is 25.8 Å². The minimum atomic E-state index is -0.401. The van der Waals surface area contributed by atoms with Crippen molar-refractivity contribution in [1.29, 1.82) is 0 Å². The van der Waals surface area contributed by atoms with E-state index in [0.29, 0.717) is 23.3 Å². The van der Waals surface area contributed by atoms with Gasteiger partial charge in [-0.15, -0.1) is 0 Å². The number of carbonyl (C=O) groups is 1. The molecule has 4 aromatic rings. The Bertz CT molecular complexity index is 1350. The lowest BCUT2D eigenvalue weighted by atomic mass is 9.94. The molecule has 0 saturated carbocycles. The molecule has 176 valence electrons. The van der Waals surface area contributed by atoms with Crippen molar-refractivity contribution >= 4 is 23.2 Å². The largest absolute Gasteiger partial charge is 0.334 e. The fourth-order valence-corrected chi connectivity index (χ4v) is 4.58. The van der Waals surface area contributed by atoms with E-state index < -0.39 is 6.04 Å². The van der Waals surface area contributed by atoms with Gasteiger partial charge in [0.1, 0.15) is 0 Å². The highest BCUT2D eigenvalue weighted by molar-refractivity contribution is 6.30. The quantitative estimate of drug-likeness (QED) is 0.324. The zero-order valence-corrected chi connectivity index (χ0v) is 20.1. The number of amides is 2. The summed E-state index contributed by atoms with van der Waals surface area (Å²) in [6.07, 6.45) is 1.71. The number of allylic oxidation sites excluding steroid dienone is 1. The molecule has 7 heteroatoms. The van der Waals surface area contributed by atoms with E-state index >= 15 is 0 Å². The number of halogens is 1. The Morgan fingerprint density at radius 2 is 1.74 bits per heavy atom. The lowest BCUT2D eigenvalue weighted by Crippen LogP contribution is -2.46. The molecule has 2 amide bonds. The SMILES string of the molecule is CC1=C(c2nc(-c3cccc(Cl)c3)no2)C(c2ccccc2)NC(=O)N1CCCc1ccccc1. The third-order valence-electron chi connectivity index (χ3n) is 6.16. The zero-order valence-electron chi connectivity index (χ0n) is 19.3. The van der Waals surface area contributed by atoms with Gasteiger partial charge in [-0.1, -0.05) is 89.6 Å². The average Bonchev–Trinajstić information content (AvgIpc) is 3.37. The summed E-state index contributed by atoms with van der Waals surface area (Å²) >= 11 is 6.15. The Balaban J connectivity index is 1.49. The van der Waals surface area contributed by atoms with Gasteiger partial charge >= 0.3 is 6.03 Å². The third-order valence-corrected chi connectivity index (χ3v) is 6.39. The predicted molar refractivity (Wildman–Crippen MR) is 137 cm³/mol. The molecule has 0 aliphatic carbocycles. The van der Waals surface area contributed by atoms with Crippen LogP contribution >= 0.6 is 11.6 Å².